The Bertz CT molecular complexity index is 198. The minimum Gasteiger partial charge on any atom is -0.376 e. The second-order valence-corrected chi connectivity index (χ2v) is 5.82. The molecule has 0 bridgehead atoms. The highest BCUT2D eigenvalue weighted by Crippen LogP contribution is 2.21. The van der Waals surface area contributed by atoms with E-state index in [9.17, 15) is 0 Å². The summed E-state index contributed by atoms with van der Waals surface area (Å²) in [6.07, 6.45) is 9.68. The zero-order valence-corrected chi connectivity index (χ0v) is 11.4. The Balaban J connectivity index is 1.48. The van der Waals surface area contributed by atoms with Crippen molar-refractivity contribution in [2.75, 3.05) is 13.2 Å². The average Bonchev–Trinajstić information content (AvgIpc) is 2.39. The van der Waals surface area contributed by atoms with Gasteiger partial charge in [-0.05, 0) is 51.4 Å². The molecular formula is C14H28N2O2. The molecule has 2 aliphatic rings. The van der Waals surface area contributed by atoms with Crippen LogP contribution in [-0.2, 0) is 9.47 Å². The first kappa shape index (κ1) is 14.3. The van der Waals surface area contributed by atoms with Crippen molar-refractivity contribution < 1.29 is 9.47 Å². The van der Waals surface area contributed by atoms with E-state index in [2.05, 4.69) is 0 Å². The number of rotatable bonds is 5. The van der Waals surface area contributed by atoms with Crippen molar-refractivity contribution in [1.82, 2.24) is 0 Å². The standard InChI is InChI=1S/C14H28N2O2/c15-11-1-5-13(6-2-11)17-9-10-18-14-7-3-12(16)4-8-14/h11-14H,1-10,15-16H2. The molecule has 2 saturated carbocycles. The van der Waals surface area contributed by atoms with Crippen LogP contribution in [-0.4, -0.2) is 37.5 Å². The maximum Gasteiger partial charge on any atom is 0.0704 e. The van der Waals surface area contributed by atoms with E-state index in [-0.39, 0.29) is 0 Å². The van der Waals surface area contributed by atoms with E-state index in [0.29, 0.717) is 24.3 Å². The number of nitrogens with two attached hydrogens (primary N) is 2. The van der Waals surface area contributed by atoms with Crippen LogP contribution in [0.1, 0.15) is 51.4 Å². The third-order valence-electron chi connectivity index (χ3n) is 4.23. The Kier molecular flexibility index (Phi) is 5.89. The van der Waals surface area contributed by atoms with Gasteiger partial charge in [-0.3, -0.25) is 0 Å². The molecule has 0 aromatic carbocycles. The molecule has 2 rings (SSSR count). The molecule has 106 valence electrons. The smallest absolute Gasteiger partial charge is 0.0704 e. The van der Waals surface area contributed by atoms with Crippen LogP contribution in [0.3, 0.4) is 0 Å². The molecule has 0 amide bonds. The quantitative estimate of drug-likeness (QED) is 0.732. The molecule has 4 nitrogen and oxygen atoms in total. The van der Waals surface area contributed by atoms with Gasteiger partial charge in [-0.25, -0.2) is 0 Å². The molecule has 0 unspecified atom stereocenters. The van der Waals surface area contributed by atoms with Crippen molar-refractivity contribution >= 4 is 0 Å². The molecule has 18 heavy (non-hydrogen) atoms. The number of ether oxygens (including phenoxy) is 2. The lowest BCUT2D eigenvalue weighted by atomic mass is 9.93. The van der Waals surface area contributed by atoms with Crippen molar-refractivity contribution in [3.05, 3.63) is 0 Å². The first-order chi connectivity index (χ1) is 8.74. The van der Waals surface area contributed by atoms with Crippen LogP contribution in [0.25, 0.3) is 0 Å². The van der Waals surface area contributed by atoms with E-state index in [4.69, 9.17) is 20.9 Å². The van der Waals surface area contributed by atoms with Crippen molar-refractivity contribution in [3.8, 4) is 0 Å². The van der Waals surface area contributed by atoms with Gasteiger partial charge in [-0.2, -0.15) is 0 Å². The second-order valence-electron chi connectivity index (χ2n) is 5.82. The summed E-state index contributed by atoms with van der Waals surface area (Å²) in [6, 6.07) is 0.792. The van der Waals surface area contributed by atoms with E-state index < -0.39 is 0 Å². The van der Waals surface area contributed by atoms with Gasteiger partial charge in [0, 0.05) is 12.1 Å². The summed E-state index contributed by atoms with van der Waals surface area (Å²) < 4.78 is 11.7. The highest BCUT2D eigenvalue weighted by molar-refractivity contribution is 4.75. The molecule has 0 saturated heterocycles. The lowest BCUT2D eigenvalue weighted by Gasteiger charge is -2.28. The monoisotopic (exact) mass is 256 g/mol. The van der Waals surface area contributed by atoms with Gasteiger partial charge in [0.15, 0.2) is 0 Å². The first-order valence-corrected chi connectivity index (χ1v) is 7.48. The molecule has 0 spiro atoms. The highest BCUT2D eigenvalue weighted by atomic mass is 16.5. The lowest BCUT2D eigenvalue weighted by Crippen LogP contribution is -2.32. The van der Waals surface area contributed by atoms with Gasteiger partial charge < -0.3 is 20.9 Å². The van der Waals surface area contributed by atoms with E-state index in [0.717, 1.165) is 64.6 Å². The van der Waals surface area contributed by atoms with Crippen LogP contribution < -0.4 is 11.5 Å². The van der Waals surface area contributed by atoms with Crippen molar-refractivity contribution in [3.63, 3.8) is 0 Å². The van der Waals surface area contributed by atoms with E-state index >= 15 is 0 Å². The topological polar surface area (TPSA) is 70.5 Å². The normalized spacial score (nSPS) is 37.7. The molecule has 4 N–H and O–H groups in total. The lowest BCUT2D eigenvalue weighted by molar-refractivity contribution is -0.0421. The minimum absolute atomic E-state index is 0.396. The summed E-state index contributed by atoms with van der Waals surface area (Å²) in [5.41, 5.74) is 11.7. The predicted molar refractivity (Wildman–Crippen MR) is 72.4 cm³/mol. The molecule has 0 atom stereocenters. The summed E-state index contributed by atoms with van der Waals surface area (Å²) in [4.78, 5) is 0. The Labute approximate surface area is 110 Å². The van der Waals surface area contributed by atoms with Crippen LogP contribution >= 0.6 is 0 Å². The molecular weight excluding hydrogens is 228 g/mol. The van der Waals surface area contributed by atoms with Gasteiger partial charge in [-0.15, -0.1) is 0 Å². The molecule has 0 radical (unpaired) electrons. The van der Waals surface area contributed by atoms with Crippen molar-refractivity contribution in [2.24, 2.45) is 11.5 Å². The number of hydrogen-bond acceptors (Lipinski definition) is 4. The third kappa shape index (κ3) is 4.84. The number of hydrogen-bond donors (Lipinski definition) is 2. The fourth-order valence-electron chi connectivity index (χ4n) is 2.94. The van der Waals surface area contributed by atoms with Crippen molar-refractivity contribution in [1.29, 1.82) is 0 Å². The van der Waals surface area contributed by atoms with Gasteiger partial charge in [0.1, 0.15) is 0 Å². The summed E-state index contributed by atoms with van der Waals surface area (Å²) >= 11 is 0. The Hall–Kier alpha value is -0.160. The summed E-state index contributed by atoms with van der Waals surface area (Å²) in [5, 5.41) is 0. The predicted octanol–water partition coefficient (Wildman–Crippen LogP) is 1.56. The van der Waals surface area contributed by atoms with Gasteiger partial charge in [-0.1, -0.05) is 0 Å². The zero-order valence-electron chi connectivity index (χ0n) is 11.4. The Morgan fingerprint density at radius 1 is 0.611 bits per heavy atom. The van der Waals surface area contributed by atoms with Crippen LogP contribution in [0.4, 0.5) is 0 Å². The molecule has 2 aliphatic carbocycles. The largest absolute Gasteiger partial charge is 0.376 e. The van der Waals surface area contributed by atoms with E-state index in [1.807, 2.05) is 0 Å². The van der Waals surface area contributed by atoms with Crippen molar-refractivity contribution in [2.45, 2.75) is 75.7 Å². The fourth-order valence-corrected chi connectivity index (χ4v) is 2.94. The van der Waals surface area contributed by atoms with Gasteiger partial charge in [0.25, 0.3) is 0 Å². The zero-order chi connectivity index (χ0) is 12.8. The SMILES string of the molecule is NC1CCC(OCCOC2CCC(N)CC2)CC1. The third-order valence-corrected chi connectivity index (χ3v) is 4.23. The molecule has 0 aromatic heterocycles. The maximum absolute atomic E-state index is 5.87. The fraction of sp³-hybridized carbons (Fsp3) is 1.00. The first-order valence-electron chi connectivity index (χ1n) is 7.48. The molecule has 0 heterocycles. The molecule has 4 heteroatoms. The van der Waals surface area contributed by atoms with Crippen LogP contribution in [0.5, 0.6) is 0 Å². The minimum atomic E-state index is 0.396. The summed E-state index contributed by atoms with van der Waals surface area (Å²) in [7, 11) is 0. The maximum atomic E-state index is 5.87. The molecule has 2 fully saturated rings. The summed E-state index contributed by atoms with van der Waals surface area (Å²) in [6.45, 7) is 1.45. The van der Waals surface area contributed by atoms with Crippen LogP contribution in [0.15, 0.2) is 0 Å². The van der Waals surface area contributed by atoms with Gasteiger partial charge in [0.2, 0.25) is 0 Å². The molecule has 0 aliphatic heterocycles. The van der Waals surface area contributed by atoms with Gasteiger partial charge >= 0.3 is 0 Å². The van der Waals surface area contributed by atoms with E-state index in [1.54, 1.807) is 0 Å². The second kappa shape index (κ2) is 7.43. The van der Waals surface area contributed by atoms with Gasteiger partial charge in [0.05, 0.1) is 25.4 Å². The Morgan fingerprint density at radius 2 is 0.944 bits per heavy atom. The molecule has 0 aromatic rings. The van der Waals surface area contributed by atoms with Crippen LogP contribution in [0, 0.1) is 0 Å². The van der Waals surface area contributed by atoms with E-state index in [1.165, 1.54) is 0 Å². The highest BCUT2D eigenvalue weighted by Gasteiger charge is 2.20. The Morgan fingerprint density at radius 3 is 1.28 bits per heavy atom. The average molecular weight is 256 g/mol. The van der Waals surface area contributed by atoms with Crippen LogP contribution in [0.2, 0.25) is 0 Å². The summed E-state index contributed by atoms with van der Waals surface area (Å²) in [5.74, 6) is 0.